The van der Waals surface area contributed by atoms with E-state index in [2.05, 4.69) is 17.2 Å². The number of nitrogens with zero attached hydrogens (tertiary/aromatic N) is 1. The predicted octanol–water partition coefficient (Wildman–Crippen LogP) is 1.15. The van der Waals surface area contributed by atoms with Gasteiger partial charge in [0.1, 0.15) is 6.04 Å². The Morgan fingerprint density at radius 1 is 1.43 bits per heavy atom. The molecule has 5 nitrogen and oxygen atoms in total. The first-order chi connectivity index (χ1) is 10.1. The van der Waals surface area contributed by atoms with Crippen molar-refractivity contribution in [2.24, 2.45) is 0 Å². The van der Waals surface area contributed by atoms with Crippen LogP contribution in [0.1, 0.15) is 34.3 Å². The van der Waals surface area contributed by atoms with Gasteiger partial charge in [-0.25, -0.2) is 0 Å². The van der Waals surface area contributed by atoms with Crippen LogP contribution in [-0.2, 0) is 17.9 Å². The zero-order valence-electron chi connectivity index (χ0n) is 12.1. The number of nitrogens with one attached hydrogen (secondary N) is 2. The molecule has 0 saturated carbocycles. The lowest BCUT2D eigenvalue weighted by Crippen LogP contribution is -2.49. The van der Waals surface area contributed by atoms with Gasteiger partial charge in [0, 0.05) is 24.4 Å². The summed E-state index contributed by atoms with van der Waals surface area (Å²) in [5.41, 5.74) is 3.60. The lowest BCUT2D eigenvalue weighted by Gasteiger charge is -2.30. The summed E-state index contributed by atoms with van der Waals surface area (Å²) in [7, 11) is 1.89. The number of hydrogen-bond donors (Lipinski definition) is 2. The van der Waals surface area contributed by atoms with E-state index in [4.69, 9.17) is 0 Å². The first-order valence-electron chi connectivity index (χ1n) is 7.16. The van der Waals surface area contributed by atoms with Crippen molar-refractivity contribution in [3.05, 3.63) is 47.2 Å². The standard InChI is InChI=1S/C16H19N3O2/c1-10-3-6-14(15(20)18-10)19-9-12-7-11(8-17-2)4-5-13(12)16(19)21/h4-5,7,14,17H,1,3,6,8-9H2,2H3,(H,18,20). The van der Waals surface area contributed by atoms with Crippen LogP contribution in [0.5, 0.6) is 0 Å². The van der Waals surface area contributed by atoms with Gasteiger partial charge in [0.05, 0.1) is 0 Å². The monoisotopic (exact) mass is 285 g/mol. The summed E-state index contributed by atoms with van der Waals surface area (Å²) in [6.07, 6.45) is 1.37. The molecule has 2 aliphatic rings. The van der Waals surface area contributed by atoms with E-state index in [1.165, 1.54) is 0 Å². The molecule has 1 aromatic carbocycles. The third-order valence-electron chi connectivity index (χ3n) is 4.08. The van der Waals surface area contributed by atoms with Gasteiger partial charge >= 0.3 is 0 Å². The van der Waals surface area contributed by atoms with Crippen molar-refractivity contribution in [1.29, 1.82) is 0 Å². The van der Waals surface area contributed by atoms with Gasteiger partial charge in [-0.05, 0) is 37.1 Å². The first kappa shape index (κ1) is 13.8. The smallest absolute Gasteiger partial charge is 0.255 e. The zero-order valence-corrected chi connectivity index (χ0v) is 12.1. The maximum absolute atomic E-state index is 12.5. The minimum atomic E-state index is -0.386. The fourth-order valence-corrected chi connectivity index (χ4v) is 3.02. The van der Waals surface area contributed by atoms with E-state index in [1.54, 1.807) is 4.90 Å². The number of allylic oxidation sites excluding steroid dienone is 1. The highest BCUT2D eigenvalue weighted by atomic mass is 16.2. The van der Waals surface area contributed by atoms with Gasteiger partial charge in [0.15, 0.2) is 0 Å². The molecule has 1 unspecified atom stereocenters. The van der Waals surface area contributed by atoms with Crippen molar-refractivity contribution >= 4 is 11.8 Å². The first-order valence-corrected chi connectivity index (χ1v) is 7.16. The molecule has 2 N–H and O–H groups in total. The molecule has 1 atom stereocenters. The largest absolute Gasteiger partial charge is 0.329 e. The molecule has 21 heavy (non-hydrogen) atoms. The molecule has 2 heterocycles. The topological polar surface area (TPSA) is 61.4 Å². The van der Waals surface area contributed by atoms with Crippen LogP contribution in [-0.4, -0.2) is 29.8 Å². The number of carbonyl (C=O) groups is 2. The van der Waals surface area contributed by atoms with E-state index in [0.717, 1.165) is 29.8 Å². The summed E-state index contributed by atoms with van der Waals surface area (Å²) in [6.45, 7) is 5.05. The molecule has 1 saturated heterocycles. The number of rotatable bonds is 3. The van der Waals surface area contributed by atoms with Crippen LogP contribution in [0.3, 0.4) is 0 Å². The van der Waals surface area contributed by atoms with Gasteiger partial charge in [-0.1, -0.05) is 18.7 Å². The van der Waals surface area contributed by atoms with E-state index in [9.17, 15) is 9.59 Å². The Kier molecular flexibility index (Phi) is 3.51. The van der Waals surface area contributed by atoms with Crippen molar-refractivity contribution in [1.82, 2.24) is 15.5 Å². The fraction of sp³-hybridized carbons (Fsp3) is 0.375. The highest BCUT2D eigenvalue weighted by Crippen LogP contribution is 2.28. The second-order valence-corrected chi connectivity index (χ2v) is 5.60. The zero-order chi connectivity index (χ0) is 15.0. The molecule has 5 heteroatoms. The van der Waals surface area contributed by atoms with Crippen LogP contribution in [0.2, 0.25) is 0 Å². The number of hydrogen-bond acceptors (Lipinski definition) is 3. The van der Waals surface area contributed by atoms with Crippen LogP contribution in [0, 0.1) is 0 Å². The van der Waals surface area contributed by atoms with E-state index in [1.807, 2.05) is 25.2 Å². The van der Waals surface area contributed by atoms with Gasteiger partial charge in [-0.15, -0.1) is 0 Å². The normalized spacial score (nSPS) is 21.5. The van der Waals surface area contributed by atoms with Crippen LogP contribution >= 0.6 is 0 Å². The lowest BCUT2D eigenvalue weighted by atomic mass is 10.0. The molecule has 3 rings (SSSR count). The predicted molar refractivity (Wildman–Crippen MR) is 79.4 cm³/mol. The second-order valence-electron chi connectivity index (χ2n) is 5.60. The quantitative estimate of drug-likeness (QED) is 0.876. The van der Waals surface area contributed by atoms with Crippen LogP contribution in [0.15, 0.2) is 30.5 Å². The average molecular weight is 285 g/mol. The molecule has 0 spiro atoms. The molecular formula is C16H19N3O2. The number of carbonyl (C=O) groups excluding carboxylic acids is 2. The minimum Gasteiger partial charge on any atom is -0.329 e. The SMILES string of the molecule is C=C1CCC(N2Cc3cc(CNC)ccc3C2=O)C(=O)N1. The third kappa shape index (κ3) is 2.45. The molecule has 0 bridgehead atoms. The van der Waals surface area contributed by atoms with Crippen molar-refractivity contribution in [3.8, 4) is 0 Å². The Balaban J connectivity index is 1.83. The lowest BCUT2D eigenvalue weighted by molar-refractivity contribution is -0.126. The molecule has 1 aromatic rings. The van der Waals surface area contributed by atoms with Crippen molar-refractivity contribution < 1.29 is 9.59 Å². The van der Waals surface area contributed by atoms with Gasteiger partial charge in [-0.3, -0.25) is 9.59 Å². The molecule has 0 aromatic heterocycles. The van der Waals surface area contributed by atoms with E-state index >= 15 is 0 Å². The summed E-state index contributed by atoms with van der Waals surface area (Å²) in [4.78, 5) is 26.3. The second kappa shape index (κ2) is 5.33. The third-order valence-corrected chi connectivity index (χ3v) is 4.08. The molecule has 0 radical (unpaired) electrons. The molecular weight excluding hydrogens is 266 g/mol. The van der Waals surface area contributed by atoms with Gasteiger partial charge < -0.3 is 15.5 Å². The minimum absolute atomic E-state index is 0.0475. The summed E-state index contributed by atoms with van der Waals surface area (Å²) in [6, 6.07) is 5.48. The molecule has 2 aliphatic heterocycles. The van der Waals surface area contributed by atoms with Gasteiger partial charge in [0.2, 0.25) is 5.91 Å². The summed E-state index contributed by atoms with van der Waals surface area (Å²) in [5.74, 6) is -0.170. The summed E-state index contributed by atoms with van der Waals surface area (Å²) < 4.78 is 0. The molecule has 110 valence electrons. The number of benzene rings is 1. The average Bonchev–Trinajstić information content (AvgIpc) is 2.76. The van der Waals surface area contributed by atoms with E-state index in [0.29, 0.717) is 18.5 Å². The molecule has 2 amide bonds. The van der Waals surface area contributed by atoms with Crippen molar-refractivity contribution in [2.75, 3.05) is 7.05 Å². The highest BCUT2D eigenvalue weighted by molar-refractivity contribution is 6.01. The van der Waals surface area contributed by atoms with Gasteiger partial charge in [0.25, 0.3) is 5.91 Å². The Hall–Kier alpha value is -2.14. The maximum Gasteiger partial charge on any atom is 0.255 e. The Bertz CT molecular complexity index is 624. The number of fused-ring (bicyclic) bond motifs is 1. The van der Waals surface area contributed by atoms with Crippen LogP contribution in [0.25, 0.3) is 0 Å². The summed E-state index contributed by atoms with van der Waals surface area (Å²) >= 11 is 0. The van der Waals surface area contributed by atoms with Gasteiger partial charge in [-0.2, -0.15) is 0 Å². The fourth-order valence-electron chi connectivity index (χ4n) is 3.02. The van der Waals surface area contributed by atoms with Crippen molar-refractivity contribution in [2.45, 2.75) is 32.0 Å². The Labute approximate surface area is 124 Å². The van der Waals surface area contributed by atoms with Crippen molar-refractivity contribution in [3.63, 3.8) is 0 Å². The number of amides is 2. The van der Waals surface area contributed by atoms with E-state index in [-0.39, 0.29) is 17.9 Å². The molecule has 0 aliphatic carbocycles. The maximum atomic E-state index is 12.5. The van der Waals surface area contributed by atoms with Crippen LogP contribution < -0.4 is 10.6 Å². The molecule has 1 fully saturated rings. The summed E-state index contributed by atoms with van der Waals surface area (Å²) in [5, 5.41) is 5.85. The van der Waals surface area contributed by atoms with E-state index < -0.39 is 0 Å². The number of piperidine rings is 1. The highest BCUT2D eigenvalue weighted by Gasteiger charge is 2.37. The van der Waals surface area contributed by atoms with Crippen LogP contribution in [0.4, 0.5) is 0 Å². The Morgan fingerprint density at radius 2 is 2.24 bits per heavy atom. The Morgan fingerprint density at radius 3 is 2.95 bits per heavy atom.